The van der Waals surface area contributed by atoms with Gasteiger partial charge in [0.1, 0.15) is 11.6 Å². The number of hydrogen-bond donors (Lipinski definition) is 0. The molecule has 32 heavy (non-hydrogen) atoms. The van der Waals surface area contributed by atoms with Crippen LogP contribution in [0.25, 0.3) is 0 Å². The van der Waals surface area contributed by atoms with Gasteiger partial charge in [-0.05, 0) is 48.4 Å². The fourth-order valence-corrected chi connectivity index (χ4v) is 3.60. The Kier molecular flexibility index (Phi) is 8.12. The number of rotatable bonds is 5. The molecule has 1 aliphatic rings. The van der Waals surface area contributed by atoms with Gasteiger partial charge < -0.3 is 9.47 Å². The van der Waals surface area contributed by atoms with Crippen LogP contribution in [0.15, 0.2) is 42.5 Å². The van der Waals surface area contributed by atoms with E-state index in [-0.39, 0.29) is 18.1 Å². The van der Waals surface area contributed by atoms with Gasteiger partial charge in [0.25, 0.3) is 0 Å². The van der Waals surface area contributed by atoms with Crippen molar-refractivity contribution in [1.29, 1.82) is 0 Å². The third kappa shape index (κ3) is 6.20. The second-order valence-corrected chi connectivity index (χ2v) is 7.51. The fraction of sp³-hybridized carbons (Fsp3) is 0.391. The van der Waals surface area contributed by atoms with E-state index in [0.717, 1.165) is 12.1 Å². The molecule has 0 aromatic heterocycles. The number of nitrogens with zero attached hydrogens (tertiary/aromatic N) is 1. The third-order valence-corrected chi connectivity index (χ3v) is 5.19. The summed E-state index contributed by atoms with van der Waals surface area (Å²) >= 11 is 5.62. The lowest BCUT2D eigenvalue weighted by atomic mass is 10.0. The molecule has 0 spiro atoms. The number of hydrogen-bond acceptors (Lipinski definition) is 3. The van der Waals surface area contributed by atoms with Crippen LogP contribution < -0.4 is 0 Å². The van der Waals surface area contributed by atoms with Crippen molar-refractivity contribution in [2.24, 2.45) is 0 Å². The van der Waals surface area contributed by atoms with E-state index in [4.69, 9.17) is 21.1 Å². The lowest BCUT2D eigenvalue weighted by Crippen LogP contribution is -2.46. The first-order valence-electron chi connectivity index (χ1n) is 9.85. The maximum Gasteiger partial charge on any atom is 0.416 e. The van der Waals surface area contributed by atoms with Gasteiger partial charge in [-0.2, -0.15) is 13.2 Å². The van der Waals surface area contributed by atoms with E-state index in [0.29, 0.717) is 24.7 Å². The quantitative estimate of drug-likeness (QED) is 0.316. The zero-order chi connectivity index (χ0) is 23.3. The second kappa shape index (κ2) is 10.6. The number of ether oxygens (including phenoxy) is 2. The van der Waals surface area contributed by atoms with Crippen molar-refractivity contribution < 1.29 is 31.4 Å². The van der Waals surface area contributed by atoms with Crippen LogP contribution in [-0.4, -0.2) is 36.8 Å². The molecule has 0 bridgehead atoms. The Morgan fingerprint density at radius 2 is 1.84 bits per heavy atom. The lowest BCUT2D eigenvalue weighted by molar-refractivity contribution is -0.228. The average Bonchev–Trinajstić information content (AvgIpc) is 2.74. The van der Waals surface area contributed by atoms with Crippen molar-refractivity contribution in [3.63, 3.8) is 0 Å². The Morgan fingerprint density at radius 1 is 1.12 bits per heavy atom. The van der Waals surface area contributed by atoms with Gasteiger partial charge in [-0.1, -0.05) is 24.0 Å². The van der Waals surface area contributed by atoms with Crippen molar-refractivity contribution >= 4 is 11.6 Å². The maximum atomic E-state index is 13.9. The van der Waals surface area contributed by atoms with Crippen LogP contribution in [0.2, 0.25) is 0 Å². The normalized spacial score (nSPS) is 20.5. The Bertz CT molecular complexity index is 971. The SMILES string of the molecule is C[C@@H](O[C@H]1OCCN(CC#CCCl)[C@H]1c1ccc(F)cc1)c1cc(F)cc(C(F)(F)F)c1. The minimum Gasteiger partial charge on any atom is -0.349 e. The van der Waals surface area contributed by atoms with Gasteiger partial charge in [0.05, 0.1) is 36.7 Å². The number of alkyl halides is 4. The molecule has 1 heterocycles. The Hall–Kier alpha value is -2.18. The van der Waals surface area contributed by atoms with E-state index in [2.05, 4.69) is 11.8 Å². The largest absolute Gasteiger partial charge is 0.416 e. The Labute approximate surface area is 188 Å². The van der Waals surface area contributed by atoms with Gasteiger partial charge in [0.15, 0.2) is 6.29 Å². The summed E-state index contributed by atoms with van der Waals surface area (Å²) in [5.74, 6) is 4.45. The summed E-state index contributed by atoms with van der Waals surface area (Å²) in [5, 5.41) is 0. The van der Waals surface area contributed by atoms with Crippen LogP contribution in [-0.2, 0) is 15.7 Å². The number of benzene rings is 2. The molecule has 0 N–H and O–H groups in total. The van der Waals surface area contributed by atoms with Gasteiger partial charge in [0, 0.05) is 6.54 Å². The first-order valence-corrected chi connectivity index (χ1v) is 10.4. The lowest BCUT2D eigenvalue weighted by Gasteiger charge is -2.41. The summed E-state index contributed by atoms with van der Waals surface area (Å²) in [6.45, 7) is 2.65. The molecule has 1 aliphatic heterocycles. The summed E-state index contributed by atoms with van der Waals surface area (Å²) in [5.41, 5.74) is -0.385. The van der Waals surface area contributed by atoms with E-state index in [1.165, 1.54) is 19.1 Å². The van der Waals surface area contributed by atoms with E-state index in [9.17, 15) is 22.0 Å². The molecule has 3 atom stereocenters. The minimum atomic E-state index is -4.69. The zero-order valence-electron chi connectivity index (χ0n) is 17.1. The third-order valence-electron chi connectivity index (χ3n) is 5.05. The second-order valence-electron chi connectivity index (χ2n) is 7.24. The molecule has 1 saturated heterocycles. The van der Waals surface area contributed by atoms with E-state index in [1.54, 1.807) is 12.1 Å². The van der Waals surface area contributed by atoms with Crippen LogP contribution in [0.3, 0.4) is 0 Å². The molecule has 9 heteroatoms. The zero-order valence-corrected chi connectivity index (χ0v) is 17.9. The predicted octanol–water partition coefficient (Wildman–Crippen LogP) is 5.70. The summed E-state index contributed by atoms with van der Waals surface area (Å²) in [4.78, 5) is 1.96. The predicted molar refractivity (Wildman–Crippen MR) is 110 cm³/mol. The van der Waals surface area contributed by atoms with Crippen LogP contribution in [0, 0.1) is 23.5 Å². The molecule has 0 aliphatic carbocycles. The smallest absolute Gasteiger partial charge is 0.349 e. The summed E-state index contributed by atoms with van der Waals surface area (Å²) in [7, 11) is 0. The highest BCUT2D eigenvalue weighted by molar-refractivity contribution is 6.19. The topological polar surface area (TPSA) is 21.7 Å². The molecule has 2 aromatic carbocycles. The molecular weight excluding hydrogens is 453 g/mol. The van der Waals surface area contributed by atoms with Crippen molar-refractivity contribution in [2.75, 3.05) is 25.6 Å². The molecule has 0 amide bonds. The van der Waals surface area contributed by atoms with Crippen molar-refractivity contribution in [1.82, 2.24) is 4.90 Å². The molecule has 0 unspecified atom stereocenters. The van der Waals surface area contributed by atoms with Crippen LogP contribution in [0.4, 0.5) is 22.0 Å². The highest BCUT2D eigenvalue weighted by Crippen LogP contribution is 2.36. The van der Waals surface area contributed by atoms with E-state index >= 15 is 0 Å². The van der Waals surface area contributed by atoms with E-state index < -0.39 is 41.8 Å². The van der Waals surface area contributed by atoms with Crippen LogP contribution >= 0.6 is 11.6 Å². The van der Waals surface area contributed by atoms with Crippen LogP contribution in [0.1, 0.15) is 35.8 Å². The molecule has 2 aromatic rings. The molecule has 172 valence electrons. The van der Waals surface area contributed by atoms with Gasteiger partial charge in [0.2, 0.25) is 0 Å². The van der Waals surface area contributed by atoms with Crippen molar-refractivity contribution in [2.45, 2.75) is 31.5 Å². The first-order chi connectivity index (χ1) is 15.2. The molecule has 1 fully saturated rings. The molecule has 3 nitrogen and oxygen atoms in total. The average molecular weight is 474 g/mol. The minimum absolute atomic E-state index is 0.0258. The Morgan fingerprint density at radius 3 is 2.50 bits per heavy atom. The monoisotopic (exact) mass is 473 g/mol. The van der Waals surface area contributed by atoms with Crippen molar-refractivity contribution in [3.8, 4) is 11.8 Å². The number of morpholine rings is 1. The van der Waals surface area contributed by atoms with Gasteiger partial charge in [-0.3, -0.25) is 4.90 Å². The summed E-state index contributed by atoms with van der Waals surface area (Å²) in [6, 6.07) is 7.55. The molecule has 0 saturated carbocycles. The molecule has 3 rings (SSSR count). The van der Waals surface area contributed by atoms with Crippen LogP contribution in [0.5, 0.6) is 0 Å². The fourth-order valence-electron chi connectivity index (χ4n) is 3.50. The van der Waals surface area contributed by atoms with Crippen molar-refractivity contribution in [3.05, 3.63) is 70.8 Å². The first kappa shape index (κ1) is 24.5. The maximum absolute atomic E-state index is 13.9. The van der Waals surface area contributed by atoms with Gasteiger partial charge >= 0.3 is 6.18 Å². The highest BCUT2D eigenvalue weighted by Gasteiger charge is 2.36. The number of halogens is 6. The summed E-state index contributed by atoms with van der Waals surface area (Å²) < 4.78 is 78.3. The molecular formula is C23H21ClF5NO2. The summed E-state index contributed by atoms with van der Waals surface area (Å²) in [6.07, 6.45) is -6.50. The highest BCUT2D eigenvalue weighted by atomic mass is 35.5. The Balaban J connectivity index is 1.88. The van der Waals surface area contributed by atoms with E-state index in [1.807, 2.05) is 4.90 Å². The van der Waals surface area contributed by atoms with Gasteiger partial charge in [-0.15, -0.1) is 11.6 Å². The van der Waals surface area contributed by atoms with Gasteiger partial charge in [-0.25, -0.2) is 8.78 Å². The molecule has 0 radical (unpaired) electrons. The standard InChI is InChI=1S/C23H21ClF5NO2/c1-15(17-12-18(23(27,28)29)14-20(26)13-17)32-22-21(16-4-6-19(25)7-5-16)30(10-11-31-22)9-3-2-8-24/h4-7,12-15,21-22H,8-11H2,1H3/t15-,21+,22-/m1/s1.